The lowest BCUT2D eigenvalue weighted by molar-refractivity contribution is 0.102. The van der Waals surface area contributed by atoms with E-state index < -0.39 is 0 Å². The van der Waals surface area contributed by atoms with Crippen molar-refractivity contribution in [3.05, 3.63) is 63.9 Å². The number of piperazine rings is 1. The number of nitrogens with one attached hydrogen (secondary N) is 2. The molecule has 6 nitrogen and oxygen atoms in total. The summed E-state index contributed by atoms with van der Waals surface area (Å²) in [4.78, 5) is 25.9. The van der Waals surface area contributed by atoms with Gasteiger partial charge in [0.2, 0.25) is 0 Å². The molecule has 0 radical (unpaired) electrons. The number of imidazole rings is 1. The highest BCUT2D eigenvalue weighted by Gasteiger charge is 2.27. The normalized spacial score (nSPS) is 21.3. The SMILES string of the molecule is C[C@@H]1CN(c2ccc(C(=O)Nc3ccc(Cl)c(-c4ncc(C5CCCCC5)[nH]4)c3)c(Cl)c2)C[C@H](C)N1C. The van der Waals surface area contributed by atoms with Crippen LogP contribution < -0.4 is 10.2 Å². The third-order valence-corrected chi connectivity index (χ3v) is 8.68. The van der Waals surface area contributed by atoms with Crippen molar-refractivity contribution in [3.63, 3.8) is 0 Å². The molecule has 8 heteroatoms. The molecule has 0 bridgehead atoms. The van der Waals surface area contributed by atoms with Crippen LogP contribution in [0.4, 0.5) is 11.4 Å². The third-order valence-electron chi connectivity index (χ3n) is 8.04. The molecule has 37 heavy (non-hydrogen) atoms. The first kappa shape index (κ1) is 26.1. The summed E-state index contributed by atoms with van der Waals surface area (Å²) in [6.45, 7) is 6.30. The third kappa shape index (κ3) is 5.66. The number of anilines is 2. The van der Waals surface area contributed by atoms with Crippen LogP contribution in [0.1, 0.15) is 67.9 Å². The molecule has 1 amide bonds. The van der Waals surface area contributed by atoms with Crippen molar-refractivity contribution in [1.29, 1.82) is 0 Å². The van der Waals surface area contributed by atoms with Gasteiger partial charge in [0.15, 0.2) is 0 Å². The summed E-state index contributed by atoms with van der Waals surface area (Å²) >= 11 is 13.1. The highest BCUT2D eigenvalue weighted by Crippen LogP contribution is 2.35. The molecular weight excluding hydrogens is 505 g/mol. The van der Waals surface area contributed by atoms with Gasteiger partial charge in [-0.3, -0.25) is 9.69 Å². The first-order chi connectivity index (χ1) is 17.8. The van der Waals surface area contributed by atoms with Gasteiger partial charge in [-0.2, -0.15) is 0 Å². The second-order valence-electron chi connectivity index (χ2n) is 10.6. The van der Waals surface area contributed by atoms with Crippen LogP contribution in [0, 0.1) is 0 Å². The highest BCUT2D eigenvalue weighted by molar-refractivity contribution is 6.35. The zero-order valence-electron chi connectivity index (χ0n) is 21.7. The largest absolute Gasteiger partial charge is 0.368 e. The number of aromatic nitrogens is 2. The van der Waals surface area contributed by atoms with Gasteiger partial charge in [0.1, 0.15) is 5.82 Å². The number of hydrogen-bond acceptors (Lipinski definition) is 4. The summed E-state index contributed by atoms with van der Waals surface area (Å²) in [6, 6.07) is 12.0. The maximum atomic E-state index is 13.1. The van der Waals surface area contributed by atoms with Gasteiger partial charge >= 0.3 is 0 Å². The average Bonchev–Trinajstić information content (AvgIpc) is 3.38. The Morgan fingerprint density at radius 1 is 1.00 bits per heavy atom. The molecule has 2 heterocycles. The second-order valence-corrected chi connectivity index (χ2v) is 11.4. The number of nitrogens with zero attached hydrogens (tertiary/aromatic N) is 3. The molecule has 1 saturated carbocycles. The van der Waals surface area contributed by atoms with Crippen molar-refractivity contribution in [2.24, 2.45) is 0 Å². The Morgan fingerprint density at radius 3 is 2.43 bits per heavy atom. The van der Waals surface area contributed by atoms with Gasteiger partial charge in [-0.1, -0.05) is 42.5 Å². The fraction of sp³-hybridized carbons (Fsp3) is 0.448. The van der Waals surface area contributed by atoms with E-state index in [0.717, 1.165) is 35.9 Å². The first-order valence-corrected chi connectivity index (χ1v) is 14.0. The van der Waals surface area contributed by atoms with Gasteiger partial charge in [0, 0.05) is 59.9 Å². The zero-order valence-corrected chi connectivity index (χ0v) is 23.2. The Bertz CT molecular complexity index is 1260. The van der Waals surface area contributed by atoms with Gasteiger partial charge in [-0.25, -0.2) is 4.98 Å². The first-order valence-electron chi connectivity index (χ1n) is 13.2. The predicted molar refractivity (Wildman–Crippen MR) is 153 cm³/mol. The number of carbonyl (C=O) groups is 1. The van der Waals surface area contributed by atoms with Gasteiger partial charge in [0.25, 0.3) is 5.91 Å². The molecule has 2 atom stereocenters. The van der Waals surface area contributed by atoms with Gasteiger partial charge in [-0.05, 0) is 70.1 Å². The zero-order chi connectivity index (χ0) is 26.1. The molecule has 1 aliphatic carbocycles. The van der Waals surface area contributed by atoms with Crippen molar-refractivity contribution in [1.82, 2.24) is 14.9 Å². The molecule has 0 spiro atoms. The molecular formula is C29H35Cl2N5O. The smallest absolute Gasteiger partial charge is 0.257 e. The topological polar surface area (TPSA) is 64.3 Å². The molecule has 1 aromatic heterocycles. The number of likely N-dealkylation sites (N-methyl/N-ethyl adjacent to an activating group) is 1. The number of carbonyl (C=O) groups excluding carboxylic acids is 1. The molecule has 5 rings (SSSR count). The van der Waals surface area contributed by atoms with Crippen LogP contribution in [0.5, 0.6) is 0 Å². The summed E-state index contributed by atoms with van der Waals surface area (Å²) < 4.78 is 0. The highest BCUT2D eigenvalue weighted by atomic mass is 35.5. The lowest BCUT2D eigenvalue weighted by Crippen LogP contribution is -2.55. The number of H-pyrrole nitrogens is 1. The van der Waals surface area contributed by atoms with Crippen molar-refractivity contribution in [2.75, 3.05) is 30.4 Å². The van der Waals surface area contributed by atoms with E-state index in [-0.39, 0.29) is 5.91 Å². The number of amides is 1. The van der Waals surface area contributed by atoms with E-state index in [4.69, 9.17) is 23.2 Å². The molecule has 3 aromatic rings. The van der Waals surface area contributed by atoms with Crippen LogP contribution in [-0.4, -0.2) is 53.0 Å². The van der Waals surface area contributed by atoms with Crippen molar-refractivity contribution in [2.45, 2.75) is 64.0 Å². The van der Waals surface area contributed by atoms with E-state index >= 15 is 0 Å². The van der Waals surface area contributed by atoms with Gasteiger partial charge in [0.05, 0.1) is 15.6 Å². The van der Waals surface area contributed by atoms with Crippen LogP contribution in [0.15, 0.2) is 42.6 Å². The number of benzene rings is 2. The van der Waals surface area contributed by atoms with Crippen LogP contribution >= 0.6 is 23.2 Å². The number of aromatic amines is 1. The van der Waals surface area contributed by atoms with Crippen LogP contribution in [0.25, 0.3) is 11.4 Å². The van der Waals surface area contributed by atoms with Gasteiger partial charge < -0.3 is 15.2 Å². The quantitative estimate of drug-likeness (QED) is 0.359. The molecule has 2 N–H and O–H groups in total. The van der Waals surface area contributed by atoms with Crippen LogP contribution in [0.3, 0.4) is 0 Å². The predicted octanol–water partition coefficient (Wildman–Crippen LogP) is 7.21. The lowest BCUT2D eigenvalue weighted by atomic mass is 9.87. The Kier molecular flexibility index (Phi) is 7.80. The van der Waals surface area contributed by atoms with E-state index in [9.17, 15) is 4.79 Å². The summed E-state index contributed by atoms with van der Waals surface area (Å²) in [6.07, 6.45) is 8.15. The summed E-state index contributed by atoms with van der Waals surface area (Å²) in [5, 5.41) is 4.00. The summed E-state index contributed by atoms with van der Waals surface area (Å²) in [5.74, 6) is 0.992. The van der Waals surface area contributed by atoms with Crippen molar-refractivity contribution < 1.29 is 4.79 Å². The molecule has 2 aromatic carbocycles. The van der Waals surface area contributed by atoms with Crippen molar-refractivity contribution in [3.8, 4) is 11.4 Å². The number of hydrogen-bond donors (Lipinski definition) is 2. The minimum Gasteiger partial charge on any atom is -0.368 e. The van der Waals surface area contributed by atoms with E-state index in [1.54, 1.807) is 18.2 Å². The fourth-order valence-electron chi connectivity index (χ4n) is 5.58. The fourth-order valence-corrected chi connectivity index (χ4v) is 6.04. The average molecular weight is 541 g/mol. The molecule has 1 aliphatic heterocycles. The minimum absolute atomic E-state index is 0.257. The van der Waals surface area contributed by atoms with E-state index in [2.05, 4.69) is 46.0 Å². The maximum absolute atomic E-state index is 13.1. The summed E-state index contributed by atoms with van der Waals surface area (Å²) in [7, 11) is 2.16. The molecule has 2 aliphatic rings. The van der Waals surface area contributed by atoms with Crippen LogP contribution in [-0.2, 0) is 0 Å². The van der Waals surface area contributed by atoms with E-state index in [0.29, 0.717) is 39.3 Å². The molecule has 0 unspecified atom stereocenters. The minimum atomic E-state index is -0.257. The van der Waals surface area contributed by atoms with Gasteiger partial charge in [-0.15, -0.1) is 0 Å². The van der Waals surface area contributed by atoms with Crippen LogP contribution in [0.2, 0.25) is 10.0 Å². The molecule has 2 fully saturated rings. The summed E-state index contributed by atoms with van der Waals surface area (Å²) in [5.41, 5.74) is 4.04. The lowest BCUT2D eigenvalue weighted by Gasteiger charge is -2.43. The Balaban J connectivity index is 1.31. The monoisotopic (exact) mass is 539 g/mol. The van der Waals surface area contributed by atoms with Crippen molar-refractivity contribution >= 4 is 40.5 Å². The van der Waals surface area contributed by atoms with E-state index in [1.807, 2.05) is 24.4 Å². The molecule has 1 saturated heterocycles. The second kappa shape index (κ2) is 11.1. The standard InChI is InChI=1S/C29H35Cl2N5O/c1-18-16-36(17-19(2)35(18)3)22-10-11-23(26(31)14-22)29(37)33-21-9-12-25(30)24(13-21)28-32-15-27(34-28)20-7-5-4-6-8-20/h9-15,18-20H,4-8,16-17H2,1-3H3,(H,32,34)(H,33,37)/t18-,19+. The Morgan fingerprint density at radius 2 is 1.73 bits per heavy atom. The van der Waals surface area contributed by atoms with E-state index in [1.165, 1.54) is 32.1 Å². The maximum Gasteiger partial charge on any atom is 0.257 e. The molecule has 196 valence electrons. The number of rotatable bonds is 5. The Labute approximate surface area is 229 Å². The Hall–Kier alpha value is -2.54. The number of halogens is 2.